The fraction of sp³-hybridized carbons (Fsp3) is 0.286. The van der Waals surface area contributed by atoms with Gasteiger partial charge >= 0.3 is 0 Å². The van der Waals surface area contributed by atoms with Crippen molar-refractivity contribution in [3.8, 4) is 0 Å². The zero-order valence-corrected chi connectivity index (χ0v) is 9.73. The van der Waals surface area contributed by atoms with Gasteiger partial charge in [0.05, 0.1) is 0 Å². The maximum absolute atomic E-state index is 5.56. The van der Waals surface area contributed by atoms with Crippen molar-refractivity contribution in [2.45, 2.75) is 13.1 Å². The van der Waals surface area contributed by atoms with Crippen molar-refractivity contribution in [3.05, 3.63) is 60.7 Å². The first-order valence-corrected chi connectivity index (χ1v) is 5.52. The lowest BCUT2D eigenvalue weighted by molar-refractivity contribution is 0.328. The van der Waals surface area contributed by atoms with Gasteiger partial charge in [-0.1, -0.05) is 36.4 Å². The van der Waals surface area contributed by atoms with Gasteiger partial charge in [-0.15, -0.1) is 13.2 Å². The minimum Gasteiger partial charge on any atom is -0.326 e. The van der Waals surface area contributed by atoms with Gasteiger partial charge < -0.3 is 5.73 Å². The minimum absolute atomic E-state index is 0.601. The average Bonchev–Trinajstić information content (AvgIpc) is 2.31. The summed E-state index contributed by atoms with van der Waals surface area (Å²) in [5.41, 5.74) is 8.02. The molecule has 1 aromatic rings. The predicted octanol–water partition coefficient (Wildman–Crippen LogP) is 2.32. The molecule has 0 unspecified atom stereocenters. The van der Waals surface area contributed by atoms with Crippen LogP contribution in [0.4, 0.5) is 0 Å². The van der Waals surface area contributed by atoms with Crippen molar-refractivity contribution < 1.29 is 0 Å². The van der Waals surface area contributed by atoms with E-state index in [2.05, 4.69) is 42.3 Å². The number of benzene rings is 1. The Labute approximate surface area is 98.1 Å². The molecule has 1 aromatic carbocycles. The van der Waals surface area contributed by atoms with E-state index in [-0.39, 0.29) is 0 Å². The van der Waals surface area contributed by atoms with E-state index in [1.807, 2.05) is 12.2 Å². The molecule has 0 aromatic heterocycles. The van der Waals surface area contributed by atoms with Crippen molar-refractivity contribution in [2.75, 3.05) is 13.1 Å². The molecule has 1 rings (SSSR count). The second-order valence-electron chi connectivity index (χ2n) is 3.79. The van der Waals surface area contributed by atoms with Crippen LogP contribution in [0.3, 0.4) is 0 Å². The Morgan fingerprint density at radius 3 is 1.94 bits per heavy atom. The predicted molar refractivity (Wildman–Crippen MR) is 70.0 cm³/mol. The SMILES string of the molecule is C=CCN(CC=C)Cc1ccc(CN)cc1. The van der Waals surface area contributed by atoms with Gasteiger partial charge in [0.25, 0.3) is 0 Å². The van der Waals surface area contributed by atoms with Gasteiger partial charge in [-0.2, -0.15) is 0 Å². The lowest BCUT2D eigenvalue weighted by Gasteiger charge is -2.18. The van der Waals surface area contributed by atoms with Crippen LogP contribution >= 0.6 is 0 Å². The van der Waals surface area contributed by atoms with Crippen LogP contribution in [0.1, 0.15) is 11.1 Å². The highest BCUT2D eigenvalue weighted by Crippen LogP contribution is 2.07. The van der Waals surface area contributed by atoms with Crippen molar-refractivity contribution in [1.29, 1.82) is 0 Å². The van der Waals surface area contributed by atoms with E-state index in [0.717, 1.165) is 19.6 Å². The number of nitrogens with two attached hydrogens (primary N) is 1. The molecule has 0 amide bonds. The van der Waals surface area contributed by atoms with Crippen LogP contribution in [0.2, 0.25) is 0 Å². The average molecular weight is 216 g/mol. The van der Waals surface area contributed by atoms with Gasteiger partial charge in [0.1, 0.15) is 0 Å². The molecular weight excluding hydrogens is 196 g/mol. The number of hydrogen-bond acceptors (Lipinski definition) is 2. The zero-order valence-electron chi connectivity index (χ0n) is 9.73. The monoisotopic (exact) mass is 216 g/mol. The standard InChI is InChI=1S/C14H20N2/c1-3-9-16(10-4-2)12-14-7-5-13(11-15)6-8-14/h3-8H,1-2,9-12,15H2. The summed E-state index contributed by atoms with van der Waals surface area (Å²) in [5.74, 6) is 0. The van der Waals surface area contributed by atoms with Crippen LogP contribution in [-0.4, -0.2) is 18.0 Å². The Balaban J connectivity index is 2.61. The molecule has 0 heterocycles. The molecule has 0 fully saturated rings. The van der Waals surface area contributed by atoms with Gasteiger partial charge in [-0.3, -0.25) is 4.90 Å². The van der Waals surface area contributed by atoms with Crippen LogP contribution in [0.25, 0.3) is 0 Å². The molecule has 2 nitrogen and oxygen atoms in total. The van der Waals surface area contributed by atoms with Gasteiger partial charge in [0, 0.05) is 26.2 Å². The third-order valence-corrected chi connectivity index (χ3v) is 2.44. The molecular formula is C14H20N2. The Bertz CT molecular complexity index is 317. The maximum atomic E-state index is 5.56. The maximum Gasteiger partial charge on any atom is 0.0240 e. The van der Waals surface area contributed by atoms with Crippen molar-refractivity contribution >= 4 is 0 Å². The van der Waals surface area contributed by atoms with E-state index < -0.39 is 0 Å². The Morgan fingerprint density at radius 2 is 1.50 bits per heavy atom. The van der Waals surface area contributed by atoms with Crippen LogP contribution < -0.4 is 5.73 Å². The fourth-order valence-corrected chi connectivity index (χ4v) is 1.61. The summed E-state index contributed by atoms with van der Waals surface area (Å²) in [6.07, 6.45) is 3.83. The summed E-state index contributed by atoms with van der Waals surface area (Å²) >= 11 is 0. The van der Waals surface area contributed by atoms with Crippen LogP contribution in [0.5, 0.6) is 0 Å². The Morgan fingerprint density at radius 1 is 1.00 bits per heavy atom. The van der Waals surface area contributed by atoms with Crippen LogP contribution in [-0.2, 0) is 13.1 Å². The van der Waals surface area contributed by atoms with E-state index in [0.29, 0.717) is 6.54 Å². The molecule has 0 bridgehead atoms. The van der Waals surface area contributed by atoms with E-state index >= 15 is 0 Å². The van der Waals surface area contributed by atoms with E-state index in [4.69, 9.17) is 5.73 Å². The second kappa shape index (κ2) is 6.99. The highest BCUT2D eigenvalue weighted by molar-refractivity contribution is 5.22. The number of hydrogen-bond donors (Lipinski definition) is 1. The van der Waals surface area contributed by atoms with E-state index in [9.17, 15) is 0 Å². The molecule has 0 aliphatic rings. The molecule has 0 aliphatic carbocycles. The molecule has 0 aliphatic heterocycles. The number of rotatable bonds is 7. The van der Waals surface area contributed by atoms with Crippen molar-refractivity contribution in [3.63, 3.8) is 0 Å². The molecule has 2 N–H and O–H groups in total. The molecule has 86 valence electrons. The smallest absolute Gasteiger partial charge is 0.0240 e. The summed E-state index contributed by atoms with van der Waals surface area (Å²) in [5, 5.41) is 0. The Kier molecular flexibility index (Phi) is 5.54. The van der Waals surface area contributed by atoms with Crippen LogP contribution in [0, 0.1) is 0 Å². The Hall–Kier alpha value is -1.38. The summed E-state index contributed by atoms with van der Waals surface area (Å²) in [7, 11) is 0. The summed E-state index contributed by atoms with van der Waals surface area (Å²) < 4.78 is 0. The quantitative estimate of drug-likeness (QED) is 0.709. The summed E-state index contributed by atoms with van der Waals surface area (Å²) in [6, 6.07) is 8.41. The highest BCUT2D eigenvalue weighted by atomic mass is 15.1. The number of nitrogens with zero attached hydrogens (tertiary/aromatic N) is 1. The van der Waals surface area contributed by atoms with E-state index in [1.165, 1.54) is 11.1 Å². The molecule has 0 spiro atoms. The third-order valence-electron chi connectivity index (χ3n) is 2.44. The molecule has 0 atom stereocenters. The lowest BCUT2D eigenvalue weighted by atomic mass is 10.1. The summed E-state index contributed by atoms with van der Waals surface area (Å²) in [6.45, 7) is 10.8. The highest BCUT2D eigenvalue weighted by Gasteiger charge is 2.01. The molecule has 0 radical (unpaired) electrons. The van der Waals surface area contributed by atoms with Gasteiger partial charge in [0.15, 0.2) is 0 Å². The van der Waals surface area contributed by atoms with E-state index in [1.54, 1.807) is 0 Å². The minimum atomic E-state index is 0.601. The largest absolute Gasteiger partial charge is 0.326 e. The molecule has 0 saturated carbocycles. The first-order valence-electron chi connectivity index (χ1n) is 5.52. The molecule has 0 saturated heterocycles. The molecule has 2 heteroatoms. The lowest BCUT2D eigenvalue weighted by Crippen LogP contribution is -2.23. The third kappa shape index (κ3) is 4.01. The van der Waals surface area contributed by atoms with Gasteiger partial charge in [0.2, 0.25) is 0 Å². The van der Waals surface area contributed by atoms with Gasteiger partial charge in [-0.05, 0) is 11.1 Å². The van der Waals surface area contributed by atoms with Crippen molar-refractivity contribution in [2.24, 2.45) is 5.73 Å². The topological polar surface area (TPSA) is 29.3 Å². The second-order valence-corrected chi connectivity index (χ2v) is 3.79. The first kappa shape index (κ1) is 12.7. The van der Waals surface area contributed by atoms with Crippen molar-refractivity contribution in [1.82, 2.24) is 4.90 Å². The normalized spacial score (nSPS) is 10.4. The zero-order chi connectivity index (χ0) is 11.8. The van der Waals surface area contributed by atoms with Crippen LogP contribution in [0.15, 0.2) is 49.6 Å². The first-order chi connectivity index (χ1) is 7.80. The van der Waals surface area contributed by atoms with Gasteiger partial charge in [-0.25, -0.2) is 0 Å². The molecule has 16 heavy (non-hydrogen) atoms. The summed E-state index contributed by atoms with van der Waals surface area (Å²) in [4.78, 5) is 2.28. The fourth-order valence-electron chi connectivity index (χ4n) is 1.61.